The second kappa shape index (κ2) is 17.4. The Balaban J connectivity index is 1.65. The molecule has 6 aromatic rings. The molecule has 0 N–H and O–H groups in total. The molecule has 0 radical (unpaired) electrons. The zero-order valence-corrected chi connectivity index (χ0v) is 39.5. The van der Waals surface area contributed by atoms with E-state index < -0.39 is 150 Å². The minimum absolute atomic E-state index is 0.0627. The van der Waals surface area contributed by atoms with Gasteiger partial charge in [0.1, 0.15) is 0 Å². The highest BCUT2D eigenvalue weighted by Crippen LogP contribution is 2.52. The smallest absolute Gasteiger partial charge is 0.268 e. The van der Waals surface area contributed by atoms with Crippen LogP contribution in [0.5, 0.6) is 0 Å². The molecule has 2 aliphatic heterocycles. The van der Waals surface area contributed by atoms with Gasteiger partial charge in [0.05, 0.1) is 44.8 Å². The number of benzene rings is 6. The number of halogens is 12. The van der Waals surface area contributed by atoms with Gasteiger partial charge in [-0.3, -0.25) is 19.2 Å². The molecule has 0 bridgehead atoms. The van der Waals surface area contributed by atoms with Crippen molar-refractivity contribution in [2.24, 2.45) is 0 Å². The number of nitrogens with zero attached hydrogens (tertiary/aromatic N) is 2. The van der Waals surface area contributed by atoms with Gasteiger partial charge in [0.25, 0.3) is 23.6 Å². The minimum Gasteiger partial charge on any atom is -0.268 e. The number of amides is 4. The van der Waals surface area contributed by atoms with Gasteiger partial charge in [-0.25, -0.2) is 9.80 Å². The minimum atomic E-state index is -5.44. The summed E-state index contributed by atoms with van der Waals surface area (Å²) in [6, 6.07) is 12.0. The van der Waals surface area contributed by atoms with Gasteiger partial charge in [-0.15, -0.1) is 0 Å². The largest absolute Gasteiger partial charge is 0.416 e. The number of hydrogen-bond acceptors (Lipinski definition) is 4. The molecule has 6 aromatic carbocycles. The summed E-state index contributed by atoms with van der Waals surface area (Å²) in [6.07, 6.45) is -21.7. The number of rotatable bonds is 8. The summed E-state index contributed by atoms with van der Waals surface area (Å²) in [5.41, 5.74) is -12.4. The molecular weight excluding hydrogens is 969 g/mol. The van der Waals surface area contributed by atoms with Crippen molar-refractivity contribution in [3.05, 3.63) is 152 Å². The van der Waals surface area contributed by atoms with Crippen LogP contribution >= 0.6 is 0 Å². The van der Waals surface area contributed by atoms with Crippen molar-refractivity contribution in [1.29, 1.82) is 0 Å². The maximum atomic E-state index is 15.6. The fourth-order valence-corrected chi connectivity index (χ4v) is 9.69. The van der Waals surface area contributed by atoms with Crippen molar-refractivity contribution in [2.75, 3.05) is 9.80 Å². The third-order valence-electron chi connectivity index (χ3n) is 13.0. The summed E-state index contributed by atoms with van der Waals surface area (Å²) < 4.78 is 176. The number of para-hydroxylation sites is 2. The molecule has 0 fully saturated rings. The molecule has 8 rings (SSSR count). The highest BCUT2D eigenvalue weighted by Gasteiger charge is 2.47. The van der Waals surface area contributed by atoms with Crippen molar-refractivity contribution >= 4 is 45.8 Å². The molecule has 0 saturated heterocycles. The van der Waals surface area contributed by atoms with Crippen LogP contribution in [0.25, 0.3) is 33.0 Å². The van der Waals surface area contributed by atoms with Crippen molar-refractivity contribution in [3.8, 4) is 22.3 Å². The van der Waals surface area contributed by atoms with Gasteiger partial charge in [0, 0.05) is 21.9 Å². The predicted octanol–water partition coefficient (Wildman–Crippen LogP) is 16.3. The molecule has 376 valence electrons. The van der Waals surface area contributed by atoms with Gasteiger partial charge in [0.2, 0.25) is 0 Å². The second-order valence-electron chi connectivity index (χ2n) is 19.1. The molecule has 0 saturated carbocycles. The van der Waals surface area contributed by atoms with E-state index in [1.54, 1.807) is 91.8 Å². The van der Waals surface area contributed by atoms with Gasteiger partial charge in [0.15, 0.2) is 0 Å². The lowest BCUT2D eigenvalue weighted by molar-refractivity contribution is -0.144. The fourth-order valence-electron chi connectivity index (χ4n) is 9.69. The topological polar surface area (TPSA) is 74.8 Å². The summed E-state index contributed by atoms with van der Waals surface area (Å²) in [5.74, 6) is -7.17. The van der Waals surface area contributed by atoms with E-state index in [-0.39, 0.29) is 23.5 Å². The average molecular weight is 1010 g/mol. The van der Waals surface area contributed by atoms with Crippen LogP contribution in [-0.2, 0) is 24.7 Å². The molecule has 0 spiro atoms. The number of alkyl halides is 12. The van der Waals surface area contributed by atoms with Crippen LogP contribution in [0.15, 0.2) is 84.9 Å². The number of imide groups is 2. The molecule has 6 nitrogen and oxygen atoms in total. The average Bonchev–Trinajstić information content (AvgIpc) is 3.28. The molecule has 18 heteroatoms. The summed E-state index contributed by atoms with van der Waals surface area (Å²) >= 11 is 0. The molecule has 0 atom stereocenters. The third kappa shape index (κ3) is 8.49. The predicted molar refractivity (Wildman–Crippen MR) is 246 cm³/mol. The molecular formula is C54H42F12N2O4. The third-order valence-corrected chi connectivity index (χ3v) is 13.0. The van der Waals surface area contributed by atoms with E-state index >= 15 is 19.2 Å². The standard InChI is InChI=1S/C54H42F12N2O4/c1-23(2)33-11-9-12-34(24(3)4)45(33)67-47(69)39-21-38(28-17-31(53(61,62)63)20-32(18-28)54(64,65)66)44-42-40(48(70)68(50(44)72)46-35(25(5)6)13-10-14-36(46)26(7)8)22-37(43(41(39)42)49(67)71)27-15-29(51(55,56)57)19-30(16-27)52(58,59)60/h9-26H,1-8H3. The summed E-state index contributed by atoms with van der Waals surface area (Å²) in [6.45, 7) is 13.6. The number of carbonyl (C=O) groups excluding carboxylic acids is 4. The monoisotopic (exact) mass is 1010 g/mol. The quantitative estimate of drug-likeness (QED) is 0.112. The van der Waals surface area contributed by atoms with Crippen LogP contribution in [0.2, 0.25) is 0 Å². The first kappa shape index (κ1) is 51.4. The van der Waals surface area contributed by atoms with Crippen LogP contribution < -0.4 is 9.80 Å². The van der Waals surface area contributed by atoms with Crippen molar-refractivity contribution in [3.63, 3.8) is 0 Å². The Morgan fingerprint density at radius 2 is 0.597 bits per heavy atom. The van der Waals surface area contributed by atoms with Crippen LogP contribution in [0.4, 0.5) is 64.1 Å². The van der Waals surface area contributed by atoms with Crippen LogP contribution in [0, 0.1) is 0 Å². The maximum absolute atomic E-state index is 15.6. The number of carbonyl (C=O) groups is 4. The van der Waals surface area contributed by atoms with Gasteiger partial charge < -0.3 is 0 Å². The Labute approximate surface area is 404 Å². The SMILES string of the molecule is CC(C)c1cccc(C(C)C)c1N1C(=O)c2cc(-c3cc(C(F)(F)F)cc(C(F)(F)F)c3)c3c4c(cc(-c5cc(C(F)(F)F)cc(C(F)(F)F)c5)c(c24)C1=O)C(=O)N(c1c(C(C)C)cccc1C(C)C)C3=O. The van der Waals surface area contributed by atoms with Crippen LogP contribution in [0.1, 0.15) is 165 Å². The van der Waals surface area contributed by atoms with E-state index in [0.29, 0.717) is 56.3 Å². The summed E-state index contributed by atoms with van der Waals surface area (Å²) in [7, 11) is 0. The van der Waals surface area contributed by atoms with E-state index in [1.807, 2.05) is 0 Å². The van der Waals surface area contributed by atoms with E-state index in [2.05, 4.69) is 0 Å². The van der Waals surface area contributed by atoms with Gasteiger partial charge >= 0.3 is 24.7 Å². The molecule has 2 heterocycles. The first-order chi connectivity index (χ1) is 33.2. The first-order valence-electron chi connectivity index (χ1n) is 22.6. The van der Waals surface area contributed by atoms with Gasteiger partial charge in [-0.1, -0.05) is 91.8 Å². The fraction of sp³-hybridized carbons (Fsp3) is 0.296. The second-order valence-corrected chi connectivity index (χ2v) is 19.1. The van der Waals surface area contributed by atoms with E-state index in [0.717, 1.165) is 12.1 Å². The zero-order chi connectivity index (χ0) is 53.2. The van der Waals surface area contributed by atoms with Crippen molar-refractivity contribution in [1.82, 2.24) is 0 Å². The van der Waals surface area contributed by atoms with Gasteiger partial charge in [-0.05, 0) is 117 Å². The van der Waals surface area contributed by atoms with Gasteiger partial charge in [-0.2, -0.15) is 52.7 Å². The normalized spacial score (nSPS) is 14.7. The number of anilines is 2. The molecule has 4 amide bonds. The number of hydrogen-bond donors (Lipinski definition) is 0. The summed E-state index contributed by atoms with van der Waals surface area (Å²) in [4.78, 5) is 63.5. The Kier molecular flexibility index (Phi) is 12.4. The first-order valence-corrected chi connectivity index (χ1v) is 22.6. The van der Waals surface area contributed by atoms with E-state index in [9.17, 15) is 52.7 Å². The van der Waals surface area contributed by atoms with Crippen LogP contribution in [0.3, 0.4) is 0 Å². The lowest BCUT2D eigenvalue weighted by Crippen LogP contribution is -2.45. The molecule has 72 heavy (non-hydrogen) atoms. The van der Waals surface area contributed by atoms with Crippen LogP contribution in [-0.4, -0.2) is 23.6 Å². The zero-order valence-electron chi connectivity index (χ0n) is 39.5. The van der Waals surface area contributed by atoms with E-state index in [4.69, 9.17) is 0 Å². The molecule has 0 unspecified atom stereocenters. The van der Waals surface area contributed by atoms with Crippen molar-refractivity contribution in [2.45, 2.75) is 104 Å². The molecule has 0 aromatic heterocycles. The Bertz CT molecular complexity index is 2970. The highest BCUT2D eigenvalue weighted by atomic mass is 19.4. The highest BCUT2D eigenvalue weighted by molar-refractivity contribution is 6.45. The maximum Gasteiger partial charge on any atom is 0.416 e. The summed E-state index contributed by atoms with van der Waals surface area (Å²) in [5, 5.41) is -1.31. The van der Waals surface area contributed by atoms with Crippen molar-refractivity contribution < 1.29 is 71.9 Å². The van der Waals surface area contributed by atoms with E-state index in [1.165, 1.54) is 0 Å². The Morgan fingerprint density at radius 3 is 0.819 bits per heavy atom. The lowest BCUT2D eigenvalue weighted by atomic mass is 9.77. The molecule has 0 aliphatic carbocycles. The Hall–Kier alpha value is -6.98. The lowest BCUT2D eigenvalue weighted by Gasteiger charge is -2.37. The molecule has 2 aliphatic rings. The Morgan fingerprint density at radius 1 is 0.347 bits per heavy atom.